The summed E-state index contributed by atoms with van der Waals surface area (Å²) >= 11 is 0. The Bertz CT molecular complexity index is 807. The summed E-state index contributed by atoms with van der Waals surface area (Å²) in [6, 6.07) is 17.1. The predicted octanol–water partition coefficient (Wildman–Crippen LogP) is 3.18. The van der Waals surface area contributed by atoms with Crippen molar-refractivity contribution in [3.05, 3.63) is 82.2 Å². The molecule has 0 aliphatic rings. The Morgan fingerprint density at radius 3 is 2.52 bits per heavy atom. The molecule has 104 valence electrons. The fourth-order valence-electron chi connectivity index (χ4n) is 2.58. The van der Waals surface area contributed by atoms with Crippen molar-refractivity contribution in [1.29, 1.82) is 0 Å². The molecule has 0 aliphatic carbocycles. The zero-order valence-corrected chi connectivity index (χ0v) is 11.7. The van der Waals surface area contributed by atoms with Crippen LogP contribution in [-0.4, -0.2) is 6.29 Å². The molecule has 1 heterocycles. The van der Waals surface area contributed by atoms with E-state index in [1.54, 1.807) is 0 Å². The first kappa shape index (κ1) is 13.3. The fourth-order valence-corrected chi connectivity index (χ4v) is 2.58. The average Bonchev–Trinajstić information content (AvgIpc) is 2.53. The molecule has 21 heavy (non-hydrogen) atoms. The lowest BCUT2D eigenvalue weighted by Crippen LogP contribution is -2.31. The van der Waals surface area contributed by atoms with Crippen LogP contribution in [0.3, 0.4) is 0 Å². The highest BCUT2D eigenvalue weighted by Gasteiger charge is 2.12. The van der Waals surface area contributed by atoms with Gasteiger partial charge in [-0.25, -0.2) is 0 Å². The molecule has 3 aromatic rings. The van der Waals surface area contributed by atoms with Crippen LogP contribution < -0.4 is 4.73 Å². The molecule has 3 nitrogen and oxygen atoms in total. The van der Waals surface area contributed by atoms with Crippen molar-refractivity contribution in [1.82, 2.24) is 0 Å². The van der Waals surface area contributed by atoms with Gasteiger partial charge in [0.05, 0.1) is 5.39 Å². The van der Waals surface area contributed by atoms with Crippen LogP contribution in [0.2, 0.25) is 0 Å². The number of fused-ring (bicyclic) bond motifs is 1. The second-order valence-corrected chi connectivity index (χ2v) is 5.16. The number of aryl methyl sites for hydroxylation is 1. The Labute approximate surface area is 123 Å². The van der Waals surface area contributed by atoms with Gasteiger partial charge in [0.25, 0.3) is 0 Å². The quantitative estimate of drug-likeness (QED) is 0.419. The average molecular weight is 277 g/mol. The minimum atomic E-state index is 0.672. The van der Waals surface area contributed by atoms with Crippen molar-refractivity contribution in [3.8, 4) is 0 Å². The minimum Gasteiger partial charge on any atom is -0.618 e. The van der Waals surface area contributed by atoms with E-state index in [4.69, 9.17) is 0 Å². The third-order valence-corrected chi connectivity index (χ3v) is 3.68. The molecule has 0 unspecified atom stereocenters. The molecule has 0 atom stereocenters. The maximum absolute atomic E-state index is 12.1. The van der Waals surface area contributed by atoms with Gasteiger partial charge in [0, 0.05) is 24.6 Å². The molecule has 3 heteroatoms. The summed E-state index contributed by atoms with van der Waals surface area (Å²) in [5.41, 5.74) is 4.29. The normalized spacial score (nSPS) is 10.7. The first-order valence-corrected chi connectivity index (χ1v) is 6.84. The third-order valence-electron chi connectivity index (χ3n) is 3.68. The molecule has 0 saturated heterocycles. The maximum atomic E-state index is 12.1. The van der Waals surface area contributed by atoms with Crippen LogP contribution in [0.15, 0.2) is 54.6 Å². The summed E-state index contributed by atoms with van der Waals surface area (Å²) < 4.78 is 0.967. The van der Waals surface area contributed by atoms with Crippen LogP contribution in [0.5, 0.6) is 0 Å². The molecule has 0 bridgehead atoms. The maximum Gasteiger partial charge on any atom is 0.224 e. The highest BCUT2D eigenvalue weighted by Crippen LogP contribution is 2.20. The van der Waals surface area contributed by atoms with E-state index in [2.05, 4.69) is 0 Å². The van der Waals surface area contributed by atoms with Gasteiger partial charge in [0.2, 0.25) is 5.52 Å². The molecule has 0 amide bonds. The standard InChI is InChI=1S/C18H15NO2/c1-13-10-16(11-14-6-8-15(12-20)9-7-14)17-4-2-3-5-18(17)19(13)21/h2-10,12H,11H2,1H3. The lowest BCUT2D eigenvalue weighted by molar-refractivity contribution is -0.584. The van der Waals surface area contributed by atoms with E-state index in [0.717, 1.165) is 34.0 Å². The molecule has 2 aromatic carbocycles. The summed E-state index contributed by atoms with van der Waals surface area (Å²) in [4.78, 5) is 10.7. The first-order chi connectivity index (χ1) is 10.2. The number of hydrogen-bond donors (Lipinski definition) is 0. The SMILES string of the molecule is Cc1cc(Cc2ccc(C=O)cc2)c2ccccc2[n+]1[O-]. The van der Waals surface area contributed by atoms with Gasteiger partial charge in [-0.1, -0.05) is 36.4 Å². The fraction of sp³-hybridized carbons (Fsp3) is 0.111. The number of pyridine rings is 1. The molecule has 0 N–H and O–H groups in total. The van der Waals surface area contributed by atoms with Gasteiger partial charge in [-0.05, 0) is 23.6 Å². The van der Waals surface area contributed by atoms with Crippen molar-refractivity contribution in [2.24, 2.45) is 0 Å². The first-order valence-electron chi connectivity index (χ1n) is 6.84. The highest BCUT2D eigenvalue weighted by molar-refractivity contribution is 5.80. The predicted molar refractivity (Wildman–Crippen MR) is 82.3 cm³/mol. The van der Waals surface area contributed by atoms with Gasteiger partial charge in [0.15, 0.2) is 5.69 Å². The summed E-state index contributed by atoms with van der Waals surface area (Å²) in [7, 11) is 0. The zero-order valence-electron chi connectivity index (χ0n) is 11.7. The summed E-state index contributed by atoms with van der Waals surface area (Å²) in [6.45, 7) is 1.82. The smallest absolute Gasteiger partial charge is 0.224 e. The number of aromatic nitrogens is 1. The van der Waals surface area contributed by atoms with Gasteiger partial charge in [-0.2, -0.15) is 4.73 Å². The minimum absolute atomic E-state index is 0.672. The number of nitrogens with zero attached hydrogens (tertiary/aromatic N) is 1. The van der Waals surface area contributed by atoms with Gasteiger partial charge < -0.3 is 5.21 Å². The van der Waals surface area contributed by atoms with E-state index >= 15 is 0 Å². The van der Waals surface area contributed by atoms with Crippen LogP contribution in [-0.2, 0) is 6.42 Å². The van der Waals surface area contributed by atoms with Crippen LogP contribution in [0.1, 0.15) is 27.2 Å². The Hall–Kier alpha value is -2.68. The van der Waals surface area contributed by atoms with Crippen LogP contribution in [0, 0.1) is 12.1 Å². The number of rotatable bonds is 3. The Morgan fingerprint density at radius 1 is 1.10 bits per heavy atom. The van der Waals surface area contributed by atoms with E-state index in [1.807, 2.05) is 61.5 Å². The zero-order chi connectivity index (χ0) is 14.8. The molecular formula is C18H15NO2. The Morgan fingerprint density at radius 2 is 1.81 bits per heavy atom. The second-order valence-electron chi connectivity index (χ2n) is 5.16. The largest absolute Gasteiger partial charge is 0.618 e. The topological polar surface area (TPSA) is 44.0 Å². The molecule has 3 rings (SSSR count). The van der Waals surface area contributed by atoms with E-state index in [1.165, 1.54) is 0 Å². The van der Waals surface area contributed by atoms with E-state index in [0.29, 0.717) is 16.8 Å². The number of carbonyl (C=O) groups excluding carboxylic acids is 1. The number of aldehydes is 1. The Balaban J connectivity index is 2.07. The van der Waals surface area contributed by atoms with Crippen molar-refractivity contribution < 1.29 is 9.52 Å². The van der Waals surface area contributed by atoms with E-state index in [9.17, 15) is 10.0 Å². The van der Waals surface area contributed by atoms with Gasteiger partial charge in [-0.3, -0.25) is 4.79 Å². The lowest BCUT2D eigenvalue weighted by atomic mass is 9.99. The van der Waals surface area contributed by atoms with Gasteiger partial charge >= 0.3 is 0 Å². The number of carbonyl (C=O) groups is 1. The summed E-state index contributed by atoms with van der Waals surface area (Å²) in [5.74, 6) is 0. The molecule has 0 fully saturated rings. The van der Waals surface area contributed by atoms with Crippen molar-refractivity contribution in [2.45, 2.75) is 13.3 Å². The van der Waals surface area contributed by atoms with E-state index < -0.39 is 0 Å². The van der Waals surface area contributed by atoms with E-state index in [-0.39, 0.29) is 0 Å². The molecule has 0 radical (unpaired) electrons. The molecule has 1 aromatic heterocycles. The van der Waals surface area contributed by atoms with Gasteiger partial charge in [0.1, 0.15) is 6.29 Å². The lowest BCUT2D eigenvalue weighted by Gasteiger charge is -2.10. The summed E-state index contributed by atoms with van der Waals surface area (Å²) in [5, 5.41) is 13.1. The van der Waals surface area contributed by atoms with Crippen LogP contribution in [0.25, 0.3) is 10.9 Å². The Kier molecular flexibility index (Phi) is 3.40. The number of benzene rings is 2. The van der Waals surface area contributed by atoms with Crippen molar-refractivity contribution in [3.63, 3.8) is 0 Å². The van der Waals surface area contributed by atoms with Gasteiger partial charge in [-0.15, -0.1) is 0 Å². The summed E-state index contributed by atoms with van der Waals surface area (Å²) in [6.07, 6.45) is 1.58. The number of hydrogen-bond acceptors (Lipinski definition) is 2. The molecule has 0 spiro atoms. The molecule has 0 saturated carbocycles. The van der Waals surface area contributed by atoms with Crippen LogP contribution in [0.4, 0.5) is 0 Å². The van der Waals surface area contributed by atoms with Crippen molar-refractivity contribution in [2.75, 3.05) is 0 Å². The number of para-hydroxylation sites is 1. The monoisotopic (exact) mass is 277 g/mol. The van der Waals surface area contributed by atoms with Crippen molar-refractivity contribution >= 4 is 17.2 Å². The van der Waals surface area contributed by atoms with Crippen LogP contribution >= 0.6 is 0 Å². The molecular weight excluding hydrogens is 262 g/mol. The molecule has 0 aliphatic heterocycles. The third kappa shape index (κ3) is 2.50. The second kappa shape index (κ2) is 5.37. The highest BCUT2D eigenvalue weighted by atomic mass is 16.5.